The summed E-state index contributed by atoms with van der Waals surface area (Å²) in [4.78, 5) is 30.9. The molecule has 1 atom stereocenters. The maximum Gasteiger partial charge on any atom is 0.256 e. The Kier molecular flexibility index (Phi) is 5.66. The van der Waals surface area contributed by atoms with Gasteiger partial charge in [-0.1, -0.05) is 35.4 Å². The molecule has 3 heterocycles. The summed E-state index contributed by atoms with van der Waals surface area (Å²) in [7, 11) is 1.62. The number of hydrogen-bond donors (Lipinski definition) is 1. The van der Waals surface area contributed by atoms with Crippen LogP contribution in [0, 0.1) is 12.8 Å². The number of benzene rings is 1. The van der Waals surface area contributed by atoms with Crippen LogP contribution in [0.25, 0.3) is 6.08 Å². The highest BCUT2D eigenvalue weighted by molar-refractivity contribution is 6.37. The number of nitrogens with zero attached hydrogens (tertiary/aromatic N) is 1. The van der Waals surface area contributed by atoms with Crippen LogP contribution in [0.1, 0.15) is 50.0 Å². The highest BCUT2D eigenvalue weighted by Crippen LogP contribution is 2.42. The lowest BCUT2D eigenvalue weighted by molar-refractivity contribution is -0.105. The van der Waals surface area contributed by atoms with Crippen molar-refractivity contribution in [3.8, 4) is 0 Å². The maximum absolute atomic E-state index is 13.6. The van der Waals surface area contributed by atoms with Gasteiger partial charge in [0.25, 0.3) is 11.5 Å². The van der Waals surface area contributed by atoms with E-state index in [2.05, 4.69) is 4.98 Å². The van der Waals surface area contributed by atoms with Gasteiger partial charge >= 0.3 is 0 Å². The monoisotopic (exact) mass is 474 g/mol. The van der Waals surface area contributed by atoms with E-state index in [4.69, 9.17) is 32.7 Å². The zero-order valence-electron chi connectivity index (χ0n) is 18.0. The molecule has 1 aromatic heterocycles. The van der Waals surface area contributed by atoms with Crippen LogP contribution in [0.5, 0.6) is 0 Å². The summed E-state index contributed by atoms with van der Waals surface area (Å²) in [6, 6.07) is 1.82. The number of rotatable bonds is 5. The molecule has 0 radical (unpaired) electrons. The third-order valence-electron chi connectivity index (χ3n) is 6.76. The van der Waals surface area contributed by atoms with Gasteiger partial charge in [0.2, 0.25) is 0 Å². The molecule has 0 bridgehead atoms. The van der Waals surface area contributed by atoms with E-state index >= 15 is 0 Å². The summed E-state index contributed by atoms with van der Waals surface area (Å²) in [5, 5.41) is 0.896. The Hall–Kier alpha value is -2.12. The summed E-state index contributed by atoms with van der Waals surface area (Å²) in [6.07, 6.45) is 5.08. The molecular formula is C24H24Cl2N2O4. The van der Waals surface area contributed by atoms with E-state index in [1.54, 1.807) is 12.0 Å². The SMILES string of the molecule is COC(c1cc(Cl)c2c(c1Cl)C(=O)N(Cc1c3c(c(C)[nH]c1=O)CC=C3)CC2)C1COC1. The molecule has 32 heavy (non-hydrogen) atoms. The fourth-order valence-corrected chi connectivity index (χ4v) is 5.61. The standard InChI is InChI=1S/C24H24Cl2N2O4/c1-12-14-4-3-5-15(14)18(23(29)27-12)9-28-7-6-16-19(25)8-17(21(26)20(16)24(28)30)22(31-2)13-10-32-11-13/h3,5,8,13,22H,4,6-7,9-11H2,1-2H3,(H,27,29). The first-order valence-corrected chi connectivity index (χ1v) is 11.5. The Bertz CT molecular complexity index is 1200. The number of nitrogens with one attached hydrogen (secondary N) is 1. The van der Waals surface area contributed by atoms with Crippen molar-refractivity contribution in [2.75, 3.05) is 26.9 Å². The second kappa shape index (κ2) is 8.34. The molecule has 1 aliphatic carbocycles. The molecule has 1 fully saturated rings. The molecule has 1 unspecified atom stereocenters. The van der Waals surface area contributed by atoms with Gasteiger partial charge in [0.1, 0.15) is 0 Å². The van der Waals surface area contributed by atoms with Crippen molar-refractivity contribution < 1.29 is 14.3 Å². The van der Waals surface area contributed by atoms with Crippen molar-refractivity contribution in [1.82, 2.24) is 9.88 Å². The minimum atomic E-state index is -0.296. The van der Waals surface area contributed by atoms with E-state index in [1.165, 1.54) is 0 Å². The van der Waals surface area contributed by atoms with Crippen molar-refractivity contribution in [3.05, 3.63) is 71.6 Å². The van der Waals surface area contributed by atoms with Crippen LogP contribution in [0.15, 0.2) is 16.9 Å². The summed E-state index contributed by atoms with van der Waals surface area (Å²) in [5.41, 5.74) is 5.23. The van der Waals surface area contributed by atoms with Gasteiger partial charge in [-0.2, -0.15) is 0 Å². The number of methoxy groups -OCH3 is 1. The Morgan fingerprint density at radius 3 is 2.75 bits per heavy atom. The quantitative estimate of drug-likeness (QED) is 0.707. The number of carbonyl (C=O) groups is 1. The molecular weight excluding hydrogens is 451 g/mol. The molecule has 6 nitrogen and oxygen atoms in total. The molecule has 168 valence electrons. The summed E-state index contributed by atoms with van der Waals surface area (Å²) in [5.74, 6) is -0.0441. The molecule has 8 heteroatoms. The Morgan fingerprint density at radius 2 is 2.06 bits per heavy atom. The first-order chi connectivity index (χ1) is 15.4. The smallest absolute Gasteiger partial charge is 0.256 e. The van der Waals surface area contributed by atoms with E-state index in [-0.39, 0.29) is 30.0 Å². The van der Waals surface area contributed by atoms with E-state index in [0.29, 0.717) is 52.9 Å². The van der Waals surface area contributed by atoms with Crippen LogP contribution in [0.4, 0.5) is 0 Å². The minimum Gasteiger partial charge on any atom is -0.380 e. The molecule has 1 saturated heterocycles. The van der Waals surface area contributed by atoms with Crippen molar-refractivity contribution in [1.29, 1.82) is 0 Å². The van der Waals surface area contributed by atoms with Crippen LogP contribution >= 0.6 is 23.2 Å². The first-order valence-electron chi connectivity index (χ1n) is 10.7. The number of aromatic nitrogens is 1. The largest absolute Gasteiger partial charge is 0.380 e. The van der Waals surface area contributed by atoms with Gasteiger partial charge in [0.05, 0.1) is 36.4 Å². The second-order valence-electron chi connectivity index (χ2n) is 8.60. The lowest BCUT2D eigenvalue weighted by Crippen LogP contribution is -2.40. The zero-order valence-corrected chi connectivity index (χ0v) is 19.5. The predicted molar refractivity (Wildman–Crippen MR) is 124 cm³/mol. The van der Waals surface area contributed by atoms with Crippen LogP contribution < -0.4 is 5.56 Å². The number of allylic oxidation sites excluding steroid dienone is 1. The Balaban J connectivity index is 1.52. The lowest BCUT2D eigenvalue weighted by atomic mass is 9.89. The zero-order chi connectivity index (χ0) is 22.6. The van der Waals surface area contributed by atoms with Gasteiger partial charge in [-0.25, -0.2) is 0 Å². The average molecular weight is 475 g/mol. The first kappa shape index (κ1) is 21.7. The van der Waals surface area contributed by atoms with Crippen molar-refractivity contribution in [3.63, 3.8) is 0 Å². The van der Waals surface area contributed by atoms with Gasteiger partial charge in [-0.05, 0) is 42.5 Å². The Morgan fingerprint density at radius 1 is 1.28 bits per heavy atom. The average Bonchev–Trinajstić information content (AvgIpc) is 3.22. The third-order valence-corrected chi connectivity index (χ3v) is 7.51. The molecule has 5 rings (SSSR count). The number of amides is 1. The molecule has 1 N–H and O–H groups in total. The summed E-state index contributed by atoms with van der Waals surface area (Å²) in [6.45, 7) is 3.76. The van der Waals surface area contributed by atoms with Crippen molar-refractivity contribution in [2.45, 2.75) is 32.4 Å². The predicted octanol–water partition coefficient (Wildman–Crippen LogP) is 4.09. The number of ether oxygens (including phenoxy) is 2. The van der Waals surface area contributed by atoms with E-state index in [9.17, 15) is 9.59 Å². The van der Waals surface area contributed by atoms with Gasteiger partial charge in [0, 0.05) is 41.4 Å². The van der Waals surface area contributed by atoms with E-state index in [1.807, 2.05) is 25.1 Å². The second-order valence-corrected chi connectivity index (χ2v) is 9.39. The maximum atomic E-state index is 13.6. The molecule has 1 amide bonds. The molecule has 2 aliphatic heterocycles. The minimum absolute atomic E-state index is 0.159. The highest BCUT2D eigenvalue weighted by Gasteiger charge is 2.36. The van der Waals surface area contributed by atoms with Crippen LogP contribution in [-0.2, 0) is 28.9 Å². The molecule has 3 aliphatic rings. The van der Waals surface area contributed by atoms with Gasteiger partial charge in [0.15, 0.2) is 0 Å². The summed E-state index contributed by atoms with van der Waals surface area (Å²) < 4.78 is 11.0. The van der Waals surface area contributed by atoms with Gasteiger partial charge in [-0.3, -0.25) is 9.59 Å². The number of carbonyl (C=O) groups excluding carboxylic acids is 1. The van der Waals surface area contributed by atoms with Crippen molar-refractivity contribution >= 4 is 35.2 Å². The Labute approximate surface area is 196 Å². The highest BCUT2D eigenvalue weighted by atomic mass is 35.5. The lowest BCUT2D eigenvalue weighted by Gasteiger charge is -2.35. The molecule has 0 saturated carbocycles. The van der Waals surface area contributed by atoms with Gasteiger partial charge < -0.3 is 19.4 Å². The molecule has 2 aromatic rings. The van der Waals surface area contributed by atoms with Gasteiger partial charge in [-0.15, -0.1) is 0 Å². The fourth-order valence-electron chi connectivity index (χ4n) is 4.95. The topological polar surface area (TPSA) is 71.6 Å². The molecule has 0 spiro atoms. The van der Waals surface area contributed by atoms with Crippen LogP contribution in [0.2, 0.25) is 10.0 Å². The number of aromatic amines is 1. The summed E-state index contributed by atoms with van der Waals surface area (Å²) >= 11 is 13.4. The normalized spacial score (nSPS) is 18.5. The fraction of sp³-hybridized carbons (Fsp3) is 0.417. The number of fused-ring (bicyclic) bond motifs is 2. The van der Waals surface area contributed by atoms with Crippen LogP contribution in [0.3, 0.4) is 0 Å². The number of aryl methyl sites for hydroxylation is 1. The van der Waals surface area contributed by atoms with Crippen LogP contribution in [-0.4, -0.2) is 42.7 Å². The third kappa shape index (κ3) is 3.41. The number of pyridine rings is 1. The molecule has 1 aromatic carbocycles. The van der Waals surface area contributed by atoms with Crippen molar-refractivity contribution in [2.24, 2.45) is 5.92 Å². The number of halogens is 2. The number of hydrogen-bond acceptors (Lipinski definition) is 4. The van der Waals surface area contributed by atoms with E-state index < -0.39 is 0 Å². The van der Waals surface area contributed by atoms with E-state index in [0.717, 1.165) is 28.8 Å². The number of H-pyrrole nitrogens is 1.